The molecule has 0 aliphatic carbocycles. The van der Waals surface area contributed by atoms with Crippen LogP contribution in [0.4, 0.5) is 0 Å². The summed E-state index contributed by atoms with van der Waals surface area (Å²) in [6.07, 6.45) is 4.22. The minimum absolute atomic E-state index is 0.112. The largest absolute Gasteiger partial charge is 0.496 e. The van der Waals surface area contributed by atoms with Gasteiger partial charge in [0.1, 0.15) is 11.3 Å². The monoisotopic (exact) mass is 397 g/mol. The molecule has 0 bridgehead atoms. The Morgan fingerprint density at radius 1 is 1.29 bits per heavy atom. The van der Waals surface area contributed by atoms with Gasteiger partial charge in [-0.3, -0.25) is 4.79 Å². The number of ether oxygens (including phenoxy) is 1. The van der Waals surface area contributed by atoms with Crippen molar-refractivity contribution in [2.45, 2.75) is 33.2 Å². The smallest absolute Gasteiger partial charge is 0.244 e. The fourth-order valence-corrected chi connectivity index (χ4v) is 3.17. The second-order valence-electron chi connectivity index (χ2n) is 6.85. The van der Waals surface area contributed by atoms with Crippen LogP contribution in [0.3, 0.4) is 0 Å². The van der Waals surface area contributed by atoms with Gasteiger partial charge in [-0.1, -0.05) is 30.7 Å². The van der Waals surface area contributed by atoms with Crippen molar-refractivity contribution >= 4 is 34.1 Å². The van der Waals surface area contributed by atoms with E-state index in [-0.39, 0.29) is 11.9 Å². The molecule has 4 nitrogen and oxygen atoms in total. The number of rotatable bonds is 6. The van der Waals surface area contributed by atoms with Crippen molar-refractivity contribution < 1.29 is 13.9 Å². The normalized spacial score (nSPS) is 12.8. The molecule has 3 aromatic rings. The quantitative estimate of drug-likeness (QED) is 0.513. The second kappa shape index (κ2) is 8.53. The Labute approximate surface area is 170 Å². The maximum atomic E-state index is 12.3. The molecule has 0 saturated carbocycles. The molecule has 1 N–H and O–H groups in total. The van der Waals surface area contributed by atoms with E-state index in [9.17, 15) is 4.79 Å². The van der Waals surface area contributed by atoms with Crippen LogP contribution in [0.1, 0.15) is 32.8 Å². The Morgan fingerprint density at radius 3 is 2.64 bits per heavy atom. The van der Waals surface area contributed by atoms with Gasteiger partial charge < -0.3 is 14.5 Å². The summed E-state index contributed by atoms with van der Waals surface area (Å²) in [5, 5.41) is 4.59. The molecular formula is C23H24ClNO3. The van der Waals surface area contributed by atoms with Crippen LogP contribution in [0.5, 0.6) is 5.75 Å². The zero-order valence-corrected chi connectivity index (χ0v) is 17.3. The third-order valence-electron chi connectivity index (χ3n) is 4.82. The Hall–Kier alpha value is -2.72. The number of hydrogen-bond acceptors (Lipinski definition) is 3. The molecule has 1 heterocycles. The number of amides is 1. The summed E-state index contributed by atoms with van der Waals surface area (Å²) < 4.78 is 11.3. The maximum absolute atomic E-state index is 12.3. The van der Waals surface area contributed by atoms with E-state index >= 15 is 0 Å². The summed E-state index contributed by atoms with van der Waals surface area (Å²) in [4.78, 5) is 12.3. The first-order valence-electron chi connectivity index (χ1n) is 9.27. The van der Waals surface area contributed by atoms with Gasteiger partial charge in [0, 0.05) is 39.7 Å². The number of benzene rings is 2. The Morgan fingerprint density at radius 2 is 2.00 bits per heavy atom. The number of carbonyl (C=O) groups is 1. The van der Waals surface area contributed by atoms with Crippen LogP contribution in [0.15, 0.2) is 53.2 Å². The number of nitrogens with one attached hydrogen (secondary N) is 1. The first-order valence-corrected chi connectivity index (χ1v) is 9.65. The van der Waals surface area contributed by atoms with Crippen molar-refractivity contribution in [3.05, 3.63) is 59.3 Å². The van der Waals surface area contributed by atoms with Gasteiger partial charge in [0.15, 0.2) is 0 Å². The van der Waals surface area contributed by atoms with E-state index < -0.39 is 0 Å². The average Bonchev–Trinajstić information content (AvgIpc) is 3.10. The third kappa shape index (κ3) is 4.23. The molecule has 28 heavy (non-hydrogen) atoms. The maximum Gasteiger partial charge on any atom is 0.244 e. The lowest BCUT2D eigenvalue weighted by Gasteiger charge is -2.12. The molecule has 3 rings (SSSR count). The van der Waals surface area contributed by atoms with E-state index in [4.69, 9.17) is 20.8 Å². The third-order valence-corrected chi connectivity index (χ3v) is 5.08. The number of furan rings is 1. The van der Waals surface area contributed by atoms with Gasteiger partial charge in [0.25, 0.3) is 0 Å². The molecule has 0 saturated heterocycles. The van der Waals surface area contributed by atoms with Crippen molar-refractivity contribution in [1.29, 1.82) is 0 Å². The lowest BCUT2D eigenvalue weighted by molar-refractivity contribution is -0.117. The molecule has 2 aromatic carbocycles. The van der Waals surface area contributed by atoms with Gasteiger partial charge in [-0.2, -0.15) is 0 Å². The van der Waals surface area contributed by atoms with Crippen LogP contribution in [-0.4, -0.2) is 19.1 Å². The predicted octanol–water partition coefficient (Wildman–Crippen LogP) is 6.08. The van der Waals surface area contributed by atoms with E-state index in [1.54, 1.807) is 19.4 Å². The van der Waals surface area contributed by atoms with Crippen molar-refractivity contribution in [2.24, 2.45) is 0 Å². The summed E-state index contributed by atoms with van der Waals surface area (Å²) in [6, 6.07) is 11.6. The highest BCUT2D eigenvalue weighted by atomic mass is 35.5. The van der Waals surface area contributed by atoms with Crippen molar-refractivity contribution in [3.8, 4) is 16.9 Å². The van der Waals surface area contributed by atoms with E-state index in [2.05, 4.69) is 5.32 Å². The number of fused-ring (bicyclic) bond motifs is 1. The van der Waals surface area contributed by atoms with Gasteiger partial charge in [0.2, 0.25) is 5.91 Å². The van der Waals surface area contributed by atoms with E-state index in [0.717, 1.165) is 39.7 Å². The number of carbonyl (C=O) groups excluding carboxylic acids is 1. The second-order valence-corrected chi connectivity index (χ2v) is 7.29. The van der Waals surface area contributed by atoms with Crippen LogP contribution in [0, 0.1) is 0 Å². The summed E-state index contributed by atoms with van der Waals surface area (Å²) in [5.74, 6) is 0.550. The van der Waals surface area contributed by atoms with Crippen LogP contribution >= 0.6 is 11.6 Å². The summed E-state index contributed by atoms with van der Waals surface area (Å²) in [7, 11) is 1.61. The topological polar surface area (TPSA) is 51.5 Å². The van der Waals surface area contributed by atoms with E-state index in [1.807, 2.05) is 57.2 Å². The summed E-state index contributed by atoms with van der Waals surface area (Å²) in [6.45, 7) is 5.93. The minimum Gasteiger partial charge on any atom is -0.496 e. The van der Waals surface area contributed by atoms with Gasteiger partial charge in [0.05, 0.1) is 13.4 Å². The molecule has 0 radical (unpaired) electrons. The number of allylic oxidation sites excluding steroid dienone is 1. The zero-order valence-electron chi connectivity index (χ0n) is 16.5. The van der Waals surface area contributed by atoms with Crippen molar-refractivity contribution in [2.75, 3.05) is 7.11 Å². The highest BCUT2D eigenvalue weighted by Gasteiger charge is 2.15. The van der Waals surface area contributed by atoms with Crippen LogP contribution in [0.2, 0.25) is 5.02 Å². The fourth-order valence-electron chi connectivity index (χ4n) is 3.05. The highest BCUT2D eigenvalue weighted by Crippen LogP contribution is 2.37. The number of hydrogen-bond donors (Lipinski definition) is 1. The standard InChI is InChI=1S/C23H24ClNO3/c1-5-15(3)25-23(26)10-14(2)18-11-19-20(16-6-8-17(24)9-7-16)13-28-22(19)12-21(18)27-4/h6-13,15H,5H2,1-4H3,(H,25,26)/b14-10+. The molecule has 146 valence electrons. The molecule has 1 unspecified atom stereocenters. The van der Waals surface area contributed by atoms with Crippen molar-refractivity contribution in [1.82, 2.24) is 5.32 Å². The van der Waals surface area contributed by atoms with Gasteiger partial charge in [-0.25, -0.2) is 0 Å². The Kier molecular flexibility index (Phi) is 6.10. The first kappa shape index (κ1) is 20.0. The fraction of sp³-hybridized carbons (Fsp3) is 0.261. The van der Waals surface area contributed by atoms with Gasteiger partial charge in [-0.05, 0) is 49.6 Å². The predicted molar refractivity (Wildman–Crippen MR) is 115 cm³/mol. The molecule has 0 aliphatic rings. The van der Waals surface area contributed by atoms with Crippen LogP contribution in [-0.2, 0) is 4.79 Å². The first-order chi connectivity index (χ1) is 13.4. The van der Waals surface area contributed by atoms with Gasteiger partial charge >= 0.3 is 0 Å². The highest BCUT2D eigenvalue weighted by molar-refractivity contribution is 6.30. The van der Waals surface area contributed by atoms with Crippen molar-refractivity contribution in [3.63, 3.8) is 0 Å². The van der Waals surface area contributed by atoms with Crippen LogP contribution < -0.4 is 10.1 Å². The SMILES string of the molecule is CCC(C)NC(=O)/C=C(\C)c1cc2c(-c3ccc(Cl)cc3)coc2cc1OC. The lowest BCUT2D eigenvalue weighted by atomic mass is 9.99. The summed E-state index contributed by atoms with van der Waals surface area (Å²) in [5.41, 5.74) is 4.37. The molecule has 1 atom stereocenters. The molecule has 1 aromatic heterocycles. The Balaban J connectivity index is 2.05. The average molecular weight is 398 g/mol. The molecular weight excluding hydrogens is 374 g/mol. The molecule has 0 fully saturated rings. The minimum atomic E-state index is -0.112. The number of methoxy groups -OCH3 is 1. The molecule has 1 amide bonds. The number of halogens is 1. The van der Waals surface area contributed by atoms with Crippen LogP contribution in [0.25, 0.3) is 27.7 Å². The molecule has 0 spiro atoms. The summed E-state index contributed by atoms with van der Waals surface area (Å²) >= 11 is 6.01. The van der Waals surface area contributed by atoms with Gasteiger partial charge in [-0.15, -0.1) is 0 Å². The van der Waals surface area contributed by atoms with E-state index in [1.165, 1.54) is 0 Å². The zero-order chi connectivity index (χ0) is 20.3. The Bertz CT molecular complexity index is 1020. The lowest BCUT2D eigenvalue weighted by Crippen LogP contribution is -2.30. The molecule has 0 aliphatic heterocycles. The van der Waals surface area contributed by atoms with E-state index in [0.29, 0.717) is 10.8 Å². The molecule has 5 heteroatoms.